The van der Waals surface area contributed by atoms with E-state index in [1.54, 1.807) is 0 Å². The number of halogens is 1. The number of anilines is 1. The third-order valence-corrected chi connectivity index (χ3v) is 3.08. The van der Waals surface area contributed by atoms with Crippen LogP contribution in [0.2, 0.25) is 0 Å². The van der Waals surface area contributed by atoms with Crippen LogP contribution < -0.4 is 10.6 Å². The quantitative estimate of drug-likeness (QED) is 0.894. The normalized spacial score (nSPS) is 10.4. The molecule has 0 spiro atoms. The van der Waals surface area contributed by atoms with E-state index in [-0.39, 0.29) is 0 Å². The molecule has 0 unspecified atom stereocenters. The second kappa shape index (κ2) is 6.08. The fourth-order valence-electron chi connectivity index (χ4n) is 1.46. The average molecular weight is 272 g/mol. The molecular formula is C11H18BrN3. The van der Waals surface area contributed by atoms with Gasteiger partial charge in [0.05, 0.1) is 0 Å². The van der Waals surface area contributed by atoms with Crippen molar-refractivity contribution in [3.63, 3.8) is 0 Å². The molecule has 0 amide bonds. The van der Waals surface area contributed by atoms with Gasteiger partial charge >= 0.3 is 0 Å². The minimum absolute atomic E-state index is 0.663. The first-order valence-corrected chi connectivity index (χ1v) is 6.05. The summed E-state index contributed by atoms with van der Waals surface area (Å²) < 4.78 is 1.05. The fraction of sp³-hybridized carbons (Fsp3) is 0.545. The van der Waals surface area contributed by atoms with Gasteiger partial charge in [0.1, 0.15) is 5.82 Å². The number of nitrogens with two attached hydrogens (primary N) is 1. The van der Waals surface area contributed by atoms with Gasteiger partial charge in [0.15, 0.2) is 0 Å². The Balaban J connectivity index is 2.85. The van der Waals surface area contributed by atoms with E-state index in [1.807, 2.05) is 6.20 Å². The first-order chi connectivity index (χ1) is 7.19. The van der Waals surface area contributed by atoms with Crippen molar-refractivity contribution in [1.29, 1.82) is 0 Å². The summed E-state index contributed by atoms with van der Waals surface area (Å²) in [4.78, 5) is 6.62. The van der Waals surface area contributed by atoms with Gasteiger partial charge < -0.3 is 10.6 Å². The van der Waals surface area contributed by atoms with Gasteiger partial charge in [-0.3, -0.25) is 0 Å². The number of hydrogen-bond acceptors (Lipinski definition) is 3. The van der Waals surface area contributed by atoms with Crippen molar-refractivity contribution in [2.24, 2.45) is 5.73 Å². The lowest BCUT2D eigenvalue weighted by molar-refractivity contribution is 0.750. The Hall–Kier alpha value is -0.610. The van der Waals surface area contributed by atoms with E-state index >= 15 is 0 Å². The topological polar surface area (TPSA) is 42.1 Å². The smallest absolute Gasteiger partial charge is 0.128 e. The van der Waals surface area contributed by atoms with Crippen LogP contribution in [-0.2, 0) is 0 Å². The zero-order valence-corrected chi connectivity index (χ0v) is 10.9. The number of aromatic nitrogens is 1. The second-order valence-corrected chi connectivity index (χ2v) is 4.42. The fourth-order valence-corrected chi connectivity index (χ4v) is 1.68. The lowest BCUT2D eigenvalue weighted by atomic mass is 10.3. The zero-order chi connectivity index (χ0) is 11.3. The van der Waals surface area contributed by atoms with Crippen molar-refractivity contribution in [2.75, 3.05) is 24.5 Å². The molecule has 15 heavy (non-hydrogen) atoms. The van der Waals surface area contributed by atoms with Crippen LogP contribution in [0.25, 0.3) is 0 Å². The average Bonchev–Trinajstić information content (AvgIpc) is 2.22. The molecule has 4 heteroatoms. The van der Waals surface area contributed by atoms with Gasteiger partial charge in [-0.15, -0.1) is 0 Å². The highest BCUT2D eigenvalue weighted by Crippen LogP contribution is 2.19. The predicted octanol–water partition coefficient (Wildman–Crippen LogP) is 2.33. The molecule has 3 nitrogen and oxygen atoms in total. The van der Waals surface area contributed by atoms with E-state index in [1.165, 1.54) is 5.56 Å². The molecule has 0 saturated carbocycles. The molecule has 1 rings (SSSR count). The molecule has 1 aromatic heterocycles. The lowest BCUT2D eigenvalue weighted by Crippen LogP contribution is -2.30. The molecule has 0 bridgehead atoms. The van der Waals surface area contributed by atoms with Crippen molar-refractivity contribution in [3.8, 4) is 0 Å². The van der Waals surface area contributed by atoms with Gasteiger partial charge in [0.2, 0.25) is 0 Å². The molecule has 0 aromatic carbocycles. The second-order valence-electron chi connectivity index (χ2n) is 3.57. The molecule has 0 fully saturated rings. The Bertz CT molecular complexity index is 309. The van der Waals surface area contributed by atoms with Crippen molar-refractivity contribution in [1.82, 2.24) is 4.98 Å². The van der Waals surface area contributed by atoms with Gasteiger partial charge in [0, 0.05) is 30.3 Å². The molecule has 0 radical (unpaired) electrons. The Labute approximate surface area is 99.8 Å². The minimum Gasteiger partial charge on any atom is -0.355 e. The number of rotatable bonds is 5. The highest BCUT2D eigenvalue weighted by molar-refractivity contribution is 9.10. The van der Waals surface area contributed by atoms with Crippen LogP contribution in [0.5, 0.6) is 0 Å². The van der Waals surface area contributed by atoms with E-state index in [4.69, 9.17) is 5.73 Å². The van der Waals surface area contributed by atoms with Crippen molar-refractivity contribution in [2.45, 2.75) is 20.3 Å². The summed E-state index contributed by atoms with van der Waals surface area (Å²) in [6.07, 6.45) is 2.96. The maximum Gasteiger partial charge on any atom is 0.128 e. The van der Waals surface area contributed by atoms with Crippen LogP contribution in [0.3, 0.4) is 0 Å². The Morgan fingerprint density at radius 3 is 2.73 bits per heavy atom. The third-order valence-electron chi connectivity index (χ3n) is 2.25. The SMILES string of the molecule is CCCN(CCN)c1cc(C)c(Br)cn1. The molecule has 0 aliphatic heterocycles. The number of hydrogen-bond donors (Lipinski definition) is 1. The summed E-state index contributed by atoms with van der Waals surface area (Å²) in [5.41, 5.74) is 6.79. The van der Waals surface area contributed by atoms with Crippen LogP contribution in [-0.4, -0.2) is 24.6 Å². The van der Waals surface area contributed by atoms with E-state index in [2.05, 4.69) is 45.7 Å². The van der Waals surface area contributed by atoms with E-state index in [9.17, 15) is 0 Å². The van der Waals surface area contributed by atoms with E-state index in [0.29, 0.717) is 6.54 Å². The summed E-state index contributed by atoms with van der Waals surface area (Å²) in [6, 6.07) is 2.09. The molecule has 0 aliphatic rings. The zero-order valence-electron chi connectivity index (χ0n) is 9.33. The van der Waals surface area contributed by atoms with Crippen LogP contribution in [0, 0.1) is 6.92 Å². The maximum absolute atomic E-state index is 5.59. The molecule has 0 aliphatic carbocycles. The maximum atomic E-state index is 5.59. The molecule has 1 aromatic rings. The van der Waals surface area contributed by atoms with Crippen LogP contribution in [0.1, 0.15) is 18.9 Å². The highest BCUT2D eigenvalue weighted by atomic mass is 79.9. The summed E-state index contributed by atoms with van der Waals surface area (Å²) in [5, 5.41) is 0. The Morgan fingerprint density at radius 1 is 1.47 bits per heavy atom. The number of nitrogens with zero attached hydrogens (tertiary/aromatic N) is 2. The number of aryl methyl sites for hydroxylation is 1. The van der Waals surface area contributed by atoms with Gasteiger partial charge in [-0.2, -0.15) is 0 Å². The molecule has 1 heterocycles. The molecule has 2 N–H and O–H groups in total. The predicted molar refractivity (Wildman–Crippen MR) is 68.2 cm³/mol. The van der Waals surface area contributed by atoms with Crippen LogP contribution in [0.15, 0.2) is 16.7 Å². The van der Waals surface area contributed by atoms with Crippen LogP contribution in [0.4, 0.5) is 5.82 Å². The van der Waals surface area contributed by atoms with E-state index < -0.39 is 0 Å². The number of pyridine rings is 1. The van der Waals surface area contributed by atoms with Crippen molar-refractivity contribution >= 4 is 21.7 Å². The summed E-state index contributed by atoms with van der Waals surface area (Å²) in [5.74, 6) is 1.02. The van der Waals surface area contributed by atoms with Crippen molar-refractivity contribution in [3.05, 3.63) is 22.3 Å². The Kier molecular flexibility index (Phi) is 5.05. The first kappa shape index (κ1) is 12.5. The first-order valence-electron chi connectivity index (χ1n) is 5.26. The monoisotopic (exact) mass is 271 g/mol. The van der Waals surface area contributed by atoms with Crippen molar-refractivity contribution < 1.29 is 0 Å². The van der Waals surface area contributed by atoms with Gasteiger partial charge in [-0.25, -0.2) is 4.98 Å². The Morgan fingerprint density at radius 2 is 2.20 bits per heavy atom. The van der Waals surface area contributed by atoms with E-state index in [0.717, 1.165) is 29.8 Å². The molecule has 0 saturated heterocycles. The third kappa shape index (κ3) is 3.47. The summed E-state index contributed by atoms with van der Waals surface area (Å²) in [6.45, 7) is 6.76. The van der Waals surface area contributed by atoms with Crippen LogP contribution >= 0.6 is 15.9 Å². The summed E-state index contributed by atoms with van der Waals surface area (Å²) in [7, 11) is 0. The molecule has 0 atom stereocenters. The lowest BCUT2D eigenvalue weighted by Gasteiger charge is -2.22. The van der Waals surface area contributed by atoms with Gasteiger partial charge in [-0.05, 0) is 40.9 Å². The standard InChI is InChI=1S/C11H18BrN3/c1-3-5-15(6-4-13)11-7-9(2)10(12)8-14-11/h7-8H,3-6,13H2,1-2H3. The highest BCUT2D eigenvalue weighted by Gasteiger charge is 2.06. The summed E-state index contributed by atoms with van der Waals surface area (Å²) >= 11 is 3.45. The largest absolute Gasteiger partial charge is 0.355 e. The van der Waals surface area contributed by atoms with Gasteiger partial charge in [-0.1, -0.05) is 6.92 Å². The minimum atomic E-state index is 0.663. The van der Waals surface area contributed by atoms with Gasteiger partial charge in [0.25, 0.3) is 0 Å². The molecule has 84 valence electrons. The molecular weight excluding hydrogens is 254 g/mol.